The molecule has 0 atom stereocenters. The van der Waals surface area contributed by atoms with Crippen molar-refractivity contribution in [3.05, 3.63) is 80.7 Å². The van der Waals surface area contributed by atoms with Gasteiger partial charge in [0.25, 0.3) is 5.56 Å². The number of aliphatic imine (C=N–C) groups is 1. The van der Waals surface area contributed by atoms with Crippen molar-refractivity contribution < 1.29 is 9.13 Å². The summed E-state index contributed by atoms with van der Waals surface area (Å²) in [5, 5.41) is 3.67. The summed E-state index contributed by atoms with van der Waals surface area (Å²) in [6, 6.07) is 5.18. The lowest BCUT2D eigenvalue weighted by Crippen LogP contribution is -2.23. The van der Waals surface area contributed by atoms with E-state index in [0.717, 1.165) is 17.1 Å². The summed E-state index contributed by atoms with van der Waals surface area (Å²) in [4.78, 5) is 16.2. The molecule has 0 fully saturated rings. The van der Waals surface area contributed by atoms with Crippen LogP contribution in [0.3, 0.4) is 0 Å². The summed E-state index contributed by atoms with van der Waals surface area (Å²) in [5.41, 5.74) is 6.72. The van der Waals surface area contributed by atoms with Crippen molar-refractivity contribution in [3.8, 4) is 5.75 Å². The van der Waals surface area contributed by atoms with E-state index in [1.807, 2.05) is 26.8 Å². The maximum Gasteiger partial charge on any atom is 0.271 e. The van der Waals surface area contributed by atoms with Gasteiger partial charge in [-0.15, -0.1) is 0 Å². The molecule has 0 radical (unpaired) electrons. The standard InChI is InChI=1S/C21H24ClFN4O2S/c1-5-6-16(29-17-11-13(4)7-8-14(17)22)15(23)9-10-25-21-18(20(28)27-30-21)19(24)26-12(2)3/h5-12,25H,1-4H3,(H2,24,26)(H,27,28)/b6-5-,10-9+,16-15-. The quantitative estimate of drug-likeness (QED) is 0.221. The second-order valence-electron chi connectivity index (χ2n) is 6.57. The lowest BCUT2D eigenvalue weighted by Gasteiger charge is -2.09. The number of nitrogens with one attached hydrogen (secondary N) is 2. The predicted molar refractivity (Wildman–Crippen MR) is 123 cm³/mol. The van der Waals surface area contributed by atoms with Crippen LogP contribution in [-0.4, -0.2) is 16.3 Å². The summed E-state index contributed by atoms with van der Waals surface area (Å²) < 4.78 is 23.0. The Hall–Kier alpha value is -2.84. The number of rotatable bonds is 8. The molecular weight excluding hydrogens is 427 g/mol. The summed E-state index contributed by atoms with van der Waals surface area (Å²) in [6.45, 7) is 7.33. The van der Waals surface area contributed by atoms with E-state index in [0.29, 0.717) is 15.8 Å². The van der Waals surface area contributed by atoms with E-state index in [2.05, 4.69) is 14.7 Å². The van der Waals surface area contributed by atoms with Crippen LogP contribution in [0.5, 0.6) is 5.75 Å². The number of H-pyrrole nitrogens is 1. The van der Waals surface area contributed by atoms with Gasteiger partial charge in [0.1, 0.15) is 22.1 Å². The van der Waals surface area contributed by atoms with E-state index >= 15 is 0 Å². The predicted octanol–water partition coefficient (Wildman–Crippen LogP) is 5.27. The molecule has 0 amide bonds. The van der Waals surface area contributed by atoms with Crippen molar-refractivity contribution in [2.24, 2.45) is 10.7 Å². The Kier molecular flexibility index (Phi) is 8.44. The van der Waals surface area contributed by atoms with Crippen molar-refractivity contribution in [2.75, 3.05) is 5.32 Å². The Morgan fingerprint density at radius 1 is 1.40 bits per heavy atom. The van der Waals surface area contributed by atoms with Crippen LogP contribution in [0.4, 0.5) is 9.39 Å². The van der Waals surface area contributed by atoms with Crippen LogP contribution in [-0.2, 0) is 0 Å². The fourth-order valence-electron chi connectivity index (χ4n) is 2.37. The van der Waals surface area contributed by atoms with Gasteiger partial charge in [-0.05, 0) is 69.1 Å². The molecule has 1 aromatic carbocycles. The fourth-order valence-corrected chi connectivity index (χ4v) is 3.25. The molecule has 0 saturated heterocycles. The van der Waals surface area contributed by atoms with E-state index in [1.165, 1.54) is 18.4 Å². The van der Waals surface area contributed by atoms with E-state index in [1.54, 1.807) is 25.1 Å². The van der Waals surface area contributed by atoms with E-state index in [9.17, 15) is 9.18 Å². The number of benzene rings is 1. The van der Waals surface area contributed by atoms with Gasteiger partial charge >= 0.3 is 0 Å². The normalized spacial score (nSPS) is 13.4. The van der Waals surface area contributed by atoms with Gasteiger partial charge in [0.15, 0.2) is 11.6 Å². The lowest BCUT2D eigenvalue weighted by atomic mass is 10.2. The van der Waals surface area contributed by atoms with Crippen LogP contribution in [0, 0.1) is 6.92 Å². The molecule has 0 aliphatic carbocycles. The van der Waals surface area contributed by atoms with Gasteiger partial charge < -0.3 is 15.8 Å². The number of amidine groups is 1. The monoisotopic (exact) mass is 450 g/mol. The smallest absolute Gasteiger partial charge is 0.271 e. The average molecular weight is 451 g/mol. The molecule has 0 aliphatic rings. The van der Waals surface area contributed by atoms with Crippen molar-refractivity contribution in [1.29, 1.82) is 0 Å². The Morgan fingerprint density at radius 2 is 2.13 bits per heavy atom. The van der Waals surface area contributed by atoms with Gasteiger partial charge in [-0.3, -0.25) is 14.2 Å². The minimum atomic E-state index is -0.633. The van der Waals surface area contributed by atoms with Crippen molar-refractivity contribution in [3.63, 3.8) is 0 Å². The minimum absolute atomic E-state index is 0.00795. The molecule has 6 nitrogen and oxygen atoms in total. The molecule has 4 N–H and O–H groups in total. The molecule has 0 aliphatic heterocycles. The van der Waals surface area contributed by atoms with E-state index < -0.39 is 5.83 Å². The first-order chi connectivity index (χ1) is 14.2. The van der Waals surface area contributed by atoms with Crippen LogP contribution in [0.25, 0.3) is 0 Å². The summed E-state index contributed by atoms with van der Waals surface area (Å²) >= 11 is 7.18. The van der Waals surface area contributed by atoms with E-state index in [-0.39, 0.29) is 28.8 Å². The molecule has 2 aromatic rings. The largest absolute Gasteiger partial charge is 0.453 e. The number of nitrogens with two attached hydrogens (primary N) is 1. The van der Waals surface area contributed by atoms with Crippen LogP contribution in [0.2, 0.25) is 5.02 Å². The Labute approximate surface area is 183 Å². The first kappa shape index (κ1) is 23.4. The number of aromatic nitrogens is 1. The lowest BCUT2D eigenvalue weighted by molar-refractivity contribution is 0.419. The molecule has 0 bridgehead atoms. The second kappa shape index (κ2) is 10.8. The number of halogens is 2. The average Bonchev–Trinajstić information content (AvgIpc) is 3.04. The molecule has 0 unspecified atom stereocenters. The molecule has 0 saturated carbocycles. The zero-order valence-corrected chi connectivity index (χ0v) is 18.7. The highest BCUT2D eigenvalue weighted by molar-refractivity contribution is 7.10. The van der Waals surface area contributed by atoms with Gasteiger partial charge in [-0.2, -0.15) is 0 Å². The highest BCUT2D eigenvalue weighted by Gasteiger charge is 2.14. The maximum atomic E-state index is 14.7. The Bertz CT molecular complexity index is 1070. The molecule has 0 spiro atoms. The van der Waals surface area contributed by atoms with Gasteiger partial charge in [0.2, 0.25) is 0 Å². The Morgan fingerprint density at radius 3 is 2.80 bits per heavy atom. The van der Waals surface area contributed by atoms with E-state index in [4.69, 9.17) is 22.1 Å². The molecule has 1 aromatic heterocycles. The van der Waals surface area contributed by atoms with Gasteiger partial charge in [-0.1, -0.05) is 23.7 Å². The third kappa shape index (κ3) is 6.33. The first-order valence-electron chi connectivity index (χ1n) is 9.17. The number of nitrogens with zero attached hydrogens (tertiary/aromatic N) is 1. The van der Waals surface area contributed by atoms with Gasteiger partial charge in [-0.25, -0.2) is 4.39 Å². The number of allylic oxidation sites excluding steroid dienone is 4. The van der Waals surface area contributed by atoms with Crippen LogP contribution < -0.4 is 21.3 Å². The molecular formula is C21H24ClFN4O2S. The second-order valence-corrected chi connectivity index (χ2v) is 7.79. The molecule has 9 heteroatoms. The van der Waals surface area contributed by atoms with Crippen molar-refractivity contribution >= 4 is 34.0 Å². The number of aromatic amines is 1. The number of hydrogen-bond acceptors (Lipinski definition) is 5. The zero-order chi connectivity index (χ0) is 22.3. The third-order valence-electron chi connectivity index (χ3n) is 3.66. The zero-order valence-electron chi connectivity index (χ0n) is 17.1. The topological polar surface area (TPSA) is 92.5 Å². The minimum Gasteiger partial charge on any atom is -0.453 e. The molecule has 30 heavy (non-hydrogen) atoms. The molecule has 160 valence electrons. The van der Waals surface area contributed by atoms with Crippen LogP contribution in [0.1, 0.15) is 31.9 Å². The number of aryl methyl sites for hydroxylation is 1. The van der Waals surface area contributed by atoms with Crippen molar-refractivity contribution in [2.45, 2.75) is 33.7 Å². The van der Waals surface area contributed by atoms with Gasteiger partial charge in [0, 0.05) is 12.2 Å². The van der Waals surface area contributed by atoms with Crippen LogP contribution in [0.15, 0.2) is 64.0 Å². The molecule has 1 heterocycles. The maximum absolute atomic E-state index is 14.7. The van der Waals surface area contributed by atoms with Gasteiger partial charge in [0.05, 0.1) is 5.02 Å². The Balaban J connectivity index is 2.26. The van der Waals surface area contributed by atoms with Crippen LogP contribution >= 0.6 is 23.1 Å². The summed E-state index contributed by atoms with van der Waals surface area (Å²) in [7, 11) is 0. The number of ether oxygens (including phenoxy) is 1. The number of anilines is 1. The van der Waals surface area contributed by atoms with Crippen molar-refractivity contribution in [1.82, 2.24) is 4.37 Å². The SMILES string of the molecule is C\C=C/C(Oc1cc(C)ccc1Cl)=C(F)\C=C\Nc1s[nH]c(=O)c1C(N)=NC(C)C. The first-order valence-corrected chi connectivity index (χ1v) is 10.4. The number of hydrogen-bond donors (Lipinski definition) is 3. The summed E-state index contributed by atoms with van der Waals surface area (Å²) in [6.07, 6.45) is 5.68. The summed E-state index contributed by atoms with van der Waals surface area (Å²) in [5.74, 6) is -0.172. The molecule has 2 rings (SSSR count). The highest BCUT2D eigenvalue weighted by atomic mass is 35.5. The fraction of sp³-hybridized carbons (Fsp3) is 0.238. The third-order valence-corrected chi connectivity index (χ3v) is 4.78. The highest BCUT2D eigenvalue weighted by Crippen LogP contribution is 2.28.